The maximum atomic E-state index is 15.3. The van der Waals surface area contributed by atoms with Crippen LogP contribution < -0.4 is 10.6 Å². The molecule has 3 atom stereocenters. The first kappa shape index (κ1) is 27.9. The van der Waals surface area contributed by atoms with Crippen molar-refractivity contribution in [3.8, 4) is 11.1 Å². The summed E-state index contributed by atoms with van der Waals surface area (Å²) in [5, 5.41) is 15.2. The Hall–Kier alpha value is -4.25. The minimum absolute atomic E-state index is 0.0707. The maximum absolute atomic E-state index is 15.3. The first-order chi connectivity index (χ1) is 20.1. The van der Waals surface area contributed by atoms with Crippen molar-refractivity contribution >= 4 is 40.9 Å². The molecule has 2 aromatic carbocycles. The Morgan fingerprint density at radius 1 is 1.10 bits per heavy atom. The summed E-state index contributed by atoms with van der Waals surface area (Å²) in [5.41, 5.74) is 0.895. The van der Waals surface area contributed by atoms with E-state index in [1.165, 1.54) is 36.5 Å². The quantitative estimate of drug-likeness (QED) is 0.337. The molecule has 1 aromatic heterocycles. The van der Waals surface area contributed by atoms with E-state index in [4.69, 9.17) is 16.3 Å². The molecule has 6 rings (SSSR count). The number of likely N-dealkylation sites (tertiary alicyclic amines) is 1. The number of fused-ring (bicyclic) bond motifs is 6. The number of aromatic nitrogens is 1. The number of carbonyl (C=O) groups is 3. The molecule has 2 amide bonds. The fourth-order valence-electron chi connectivity index (χ4n) is 6.17. The van der Waals surface area contributed by atoms with Crippen LogP contribution in [0.3, 0.4) is 0 Å². The number of pyridine rings is 1. The number of carboxylic acids is 1. The second kappa shape index (κ2) is 10.9. The van der Waals surface area contributed by atoms with Crippen LogP contribution in [0.5, 0.6) is 0 Å². The fraction of sp³-hybridized carbons (Fsp3) is 0.333. The molecule has 0 aliphatic carbocycles. The topological polar surface area (TPSA) is 121 Å². The van der Waals surface area contributed by atoms with Crippen LogP contribution in [0.15, 0.2) is 48.7 Å². The van der Waals surface area contributed by atoms with Gasteiger partial charge in [0.25, 0.3) is 0 Å². The van der Waals surface area contributed by atoms with Crippen molar-refractivity contribution in [2.45, 2.75) is 49.7 Å². The Morgan fingerprint density at radius 2 is 1.88 bits per heavy atom. The maximum Gasteiger partial charge on any atom is 0.412 e. The average Bonchev–Trinajstić information content (AvgIpc) is 3.37. The van der Waals surface area contributed by atoms with E-state index in [2.05, 4.69) is 15.6 Å². The molecule has 0 saturated carbocycles. The zero-order valence-electron chi connectivity index (χ0n) is 22.3. The highest BCUT2D eigenvalue weighted by molar-refractivity contribution is 6.31. The number of benzene rings is 2. The van der Waals surface area contributed by atoms with Gasteiger partial charge in [0.2, 0.25) is 5.91 Å². The molecule has 1 saturated heterocycles. The molecule has 2 unspecified atom stereocenters. The van der Waals surface area contributed by atoms with Crippen molar-refractivity contribution < 1.29 is 33.0 Å². The van der Waals surface area contributed by atoms with Crippen LogP contribution in [0.1, 0.15) is 49.3 Å². The summed E-state index contributed by atoms with van der Waals surface area (Å²) >= 11 is 6.07. The first-order valence-electron chi connectivity index (χ1n) is 13.7. The number of nitrogens with zero attached hydrogens (tertiary/aromatic N) is 2. The van der Waals surface area contributed by atoms with Crippen molar-refractivity contribution in [1.29, 1.82) is 0 Å². The highest BCUT2D eigenvalue weighted by Gasteiger charge is 2.51. The van der Waals surface area contributed by atoms with Crippen LogP contribution >= 0.6 is 11.6 Å². The summed E-state index contributed by atoms with van der Waals surface area (Å²) in [6, 6.07) is 9.42. The number of amides is 2. The van der Waals surface area contributed by atoms with Gasteiger partial charge in [-0.25, -0.2) is 18.4 Å². The molecule has 9 nitrogen and oxygen atoms in total. The van der Waals surface area contributed by atoms with E-state index in [0.717, 1.165) is 0 Å². The van der Waals surface area contributed by atoms with Gasteiger partial charge in [-0.1, -0.05) is 24.4 Å². The summed E-state index contributed by atoms with van der Waals surface area (Å²) in [7, 11) is 0. The number of aliphatic carboxylic acids is 1. The van der Waals surface area contributed by atoms with Gasteiger partial charge in [-0.15, -0.1) is 0 Å². The van der Waals surface area contributed by atoms with Gasteiger partial charge < -0.3 is 20.1 Å². The Balaban J connectivity index is 1.35. The van der Waals surface area contributed by atoms with Crippen molar-refractivity contribution in [2.75, 3.05) is 23.7 Å². The van der Waals surface area contributed by atoms with Crippen LogP contribution in [0.25, 0.3) is 11.1 Å². The van der Waals surface area contributed by atoms with Crippen molar-refractivity contribution in [3.63, 3.8) is 0 Å². The fourth-order valence-corrected chi connectivity index (χ4v) is 6.33. The highest BCUT2D eigenvalue weighted by atomic mass is 35.5. The van der Waals surface area contributed by atoms with Gasteiger partial charge in [-0.2, -0.15) is 0 Å². The number of hydrogen-bond donors (Lipinski definition) is 3. The van der Waals surface area contributed by atoms with Crippen molar-refractivity contribution in [1.82, 2.24) is 9.88 Å². The van der Waals surface area contributed by atoms with E-state index >= 15 is 4.39 Å². The number of hydrogen-bond acceptors (Lipinski definition) is 6. The molecular weight excluding hydrogens is 570 g/mol. The van der Waals surface area contributed by atoms with Crippen LogP contribution in [0, 0.1) is 11.6 Å². The molecule has 3 aliphatic rings. The Bertz CT molecular complexity index is 1600. The van der Waals surface area contributed by atoms with E-state index in [-0.39, 0.29) is 41.7 Å². The number of carboxylic acid groups (broad SMARTS) is 1. The monoisotopic (exact) mass is 596 g/mol. The zero-order valence-corrected chi connectivity index (χ0v) is 23.1. The number of nitrogens with one attached hydrogen (secondary N) is 2. The van der Waals surface area contributed by atoms with E-state index in [1.807, 2.05) is 0 Å². The lowest BCUT2D eigenvalue weighted by atomic mass is 9.89. The van der Waals surface area contributed by atoms with E-state index in [9.17, 15) is 23.9 Å². The van der Waals surface area contributed by atoms with Gasteiger partial charge in [-0.3, -0.25) is 15.1 Å². The number of carbonyl (C=O) groups excluding carboxylic acids is 2. The van der Waals surface area contributed by atoms with Crippen LogP contribution in [0.4, 0.5) is 25.0 Å². The molecular formula is C30H27ClF2N4O5. The summed E-state index contributed by atoms with van der Waals surface area (Å²) in [6.07, 6.45) is 2.68. The van der Waals surface area contributed by atoms with Crippen molar-refractivity contribution in [3.05, 3.63) is 76.6 Å². The minimum Gasteiger partial charge on any atom is -0.480 e. The van der Waals surface area contributed by atoms with Gasteiger partial charge in [0.15, 0.2) is 11.4 Å². The lowest BCUT2D eigenvalue weighted by Gasteiger charge is -2.36. The normalized spacial score (nSPS) is 23.4. The molecule has 218 valence electrons. The molecule has 42 heavy (non-hydrogen) atoms. The molecule has 4 heterocycles. The lowest BCUT2D eigenvalue weighted by molar-refractivity contribution is -0.138. The smallest absolute Gasteiger partial charge is 0.412 e. The summed E-state index contributed by atoms with van der Waals surface area (Å²) in [4.78, 5) is 44.6. The van der Waals surface area contributed by atoms with Crippen molar-refractivity contribution in [2.24, 2.45) is 0 Å². The van der Waals surface area contributed by atoms with Gasteiger partial charge in [-0.05, 0) is 60.9 Å². The Kier molecular flexibility index (Phi) is 7.22. The zero-order chi connectivity index (χ0) is 29.6. The highest BCUT2D eigenvalue weighted by Crippen LogP contribution is 2.46. The molecule has 0 radical (unpaired) electrons. The predicted octanol–water partition coefficient (Wildman–Crippen LogP) is 5.89. The second-order valence-corrected chi connectivity index (χ2v) is 11.2. The molecule has 1 spiro atoms. The number of halogens is 3. The summed E-state index contributed by atoms with van der Waals surface area (Å²) in [6.45, 7) is 0.130. The molecule has 3 N–H and O–H groups in total. The van der Waals surface area contributed by atoms with E-state index in [1.54, 1.807) is 17.0 Å². The lowest BCUT2D eigenvalue weighted by Crippen LogP contribution is -2.44. The average molecular weight is 597 g/mol. The van der Waals surface area contributed by atoms with Crippen LogP contribution in [0.2, 0.25) is 5.02 Å². The molecule has 1 fully saturated rings. The summed E-state index contributed by atoms with van der Waals surface area (Å²) < 4.78 is 35.3. The third-order valence-corrected chi connectivity index (χ3v) is 8.50. The van der Waals surface area contributed by atoms with Gasteiger partial charge in [0, 0.05) is 30.4 Å². The predicted molar refractivity (Wildman–Crippen MR) is 150 cm³/mol. The number of anilines is 2. The van der Waals surface area contributed by atoms with Gasteiger partial charge in [0.1, 0.15) is 11.9 Å². The minimum atomic E-state index is -1.40. The molecule has 3 aromatic rings. The van der Waals surface area contributed by atoms with Crippen LogP contribution in [-0.4, -0.2) is 52.1 Å². The first-order valence-corrected chi connectivity index (χ1v) is 14.1. The third kappa shape index (κ3) is 5.02. The second-order valence-electron chi connectivity index (χ2n) is 10.8. The molecule has 12 heteroatoms. The van der Waals surface area contributed by atoms with Gasteiger partial charge in [0.05, 0.1) is 34.4 Å². The van der Waals surface area contributed by atoms with Gasteiger partial charge >= 0.3 is 12.1 Å². The number of ether oxygens (including phenoxy) is 1. The Labute approximate surface area is 244 Å². The van der Waals surface area contributed by atoms with Crippen LogP contribution in [-0.2, 0) is 19.9 Å². The molecule has 2 bridgehead atoms. The SMILES string of the molecule is O=C1Nc2ccc(Cl)c(F)c2[C@@]2(CCN(C(=O)C3CCCCC(C(=O)O)Nc4ccc(F)cc4-c4ccnc3c4)C2)O1. The number of rotatable bonds is 2. The third-order valence-electron chi connectivity index (χ3n) is 8.21. The largest absolute Gasteiger partial charge is 0.480 e. The standard InChI is InChI=1S/C30H27ClF2N4O5/c31-20-6-8-22-25(26(20)33)30(42-29(41)36-22)10-12-37(15-30)27(38)18-3-1-2-4-23(28(39)40)35-21-7-5-17(32)14-19(21)16-9-11-34-24(18)13-16/h5-9,11,13-14,18,23,35H,1-4,10,12,15H2,(H,36,41)(H,39,40)/t18?,23?,30-/m0/s1. The Morgan fingerprint density at radius 3 is 2.69 bits per heavy atom. The summed E-state index contributed by atoms with van der Waals surface area (Å²) in [5.74, 6) is -3.23. The van der Waals surface area contributed by atoms with E-state index in [0.29, 0.717) is 48.2 Å². The van der Waals surface area contributed by atoms with E-state index < -0.39 is 41.3 Å². The molecule has 3 aliphatic heterocycles.